The van der Waals surface area contributed by atoms with Gasteiger partial charge in [0.15, 0.2) is 5.78 Å². The van der Waals surface area contributed by atoms with Crippen molar-refractivity contribution in [2.75, 3.05) is 13.4 Å². The van der Waals surface area contributed by atoms with Crippen LogP contribution in [0.15, 0.2) is 23.1 Å². The lowest BCUT2D eigenvalue weighted by Crippen LogP contribution is -2.04. The largest absolute Gasteiger partial charge is 0.496 e. The summed E-state index contributed by atoms with van der Waals surface area (Å²) in [5.41, 5.74) is 0. The van der Waals surface area contributed by atoms with Crippen molar-refractivity contribution in [1.82, 2.24) is 0 Å². The molecule has 0 spiro atoms. The van der Waals surface area contributed by atoms with Crippen LogP contribution in [-0.2, 0) is 4.79 Å². The van der Waals surface area contributed by atoms with E-state index in [2.05, 4.69) is 6.07 Å². The predicted octanol–water partition coefficient (Wildman–Crippen LogP) is 4.04. The number of thioether (sulfide) groups is 1. The van der Waals surface area contributed by atoms with Crippen LogP contribution in [0.3, 0.4) is 0 Å². The first-order valence-corrected chi connectivity index (χ1v) is 8.79. The van der Waals surface area contributed by atoms with Gasteiger partial charge in [0.2, 0.25) is 0 Å². The Bertz CT molecular complexity index is 691. The molecule has 2 aromatic rings. The van der Waals surface area contributed by atoms with E-state index < -0.39 is 0 Å². The minimum atomic E-state index is -0.0996. The topological polar surface area (TPSA) is 43.4 Å². The van der Waals surface area contributed by atoms with Crippen molar-refractivity contribution in [2.45, 2.75) is 18.2 Å². The average Bonchev–Trinajstić information content (AvgIpc) is 3.18. The van der Waals surface area contributed by atoms with Gasteiger partial charge in [-0.1, -0.05) is 0 Å². The Hall–Kier alpha value is -1.33. The molecule has 2 unspecified atom stereocenters. The van der Waals surface area contributed by atoms with Gasteiger partial charge in [-0.2, -0.15) is 0 Å². The fraction of sp³-hybridized carbons (Fsp3) is 0.375. The number of carbonyl (C=O) groups is 2. The summed E-state index contributed by atoms with van der Waals surface area (Å²) in [5, 5.41) is 1.06. The molecular formula is C16H16O3S2. The Balaban J connectivity index is 1.94. The molecular weight excluding hydrogens is 304 g/mol. The van der Waals surface area contributed by atoms with Gasteiger partial charge in [0.25, 0.3) is 0 Å². The van der Waals surface area contributed by atoms with E-state index >= 15 is 0 Å². The SMILES string of the molecule is COc1cc2sc(C(=O)C3CC3C(C)=O)cc2cc1SC. The monoisotopic (exact) mass is 320 g/mol. The van der Waals surface area contributed by atoms with E-state index in [0.29, 0.717) is 6.42 Å². The van der Waals surface area contributed by atoms with Crippen molar-refractivity contribution in [3.05, 3.63) is 23.1 Å². The number of benzene rings is 1. The number of carbonyl (C=O) groups excluding carboxylic acids is 2. The second kappa shape index (κ2) is 5.46. The lowest BCUT2D eigenvalue weighted by molar-refractivity contribution is -0.118. The molecule has 1 fully saturated rings. The van der Waals surface area contributed by atoms with Crippen LogP contribution in [0, 0.1) is 11.8 Å². The molecule has 3 nitrogen and oxygen atoms in total. The van der Waals surface area contributed by atoms with Gasteiger partial charge in [-0.3, -0.25) is 9.59 Å². The Morgan fingerprint density at radius 2 is 2.05 bits per heavy atom. The number of thiophene rings is 1. The fourth-order valence-electron chi connectivity index (χ4n) is 2.60. The minimum Gasteiger partial charge on any atom is -0.496 e. The van der Waals surface area contributed by atoms with Crippen molar-refractivity contribution in [1.29, 1.82) is 0 Å². The summed E-state index contributed by atoms with van der Waals surface area (Å²) in [6, 6.07) is 5.98. The fourth-order valence-corrected chi connectivity index (χ4v) is 4.27. The van der Waals surface area contributed by atoms with Crippen LogP contribution in [0.1, 0.15) is 23.0 Å². The van der Waals surface area contributed by atoms with Gasteiger partial charge in [0.05, 0.1) is 12.0 Å². The molecule has 0 radical (unpaired) electrons. The smallest absolute Gasteiger partial charge is 0.176 e. The zero-order valence-electron chi connectivity index (χ0n) is 12.1. The van der Waals surface area contributed by atoms with Crippen molar-refractivity contribution >= 4 is 44.8 Å². The highest BCUT2D eigenvalue weighted by Crippen LogP contribution is 2.44. The quantitative estimate of drug-likeness (QED) is 0.616. The standard InChI is InChI=1S/C16H16O3S2/c1-8(17)10-6-11(10)16(18)15-5-9-4-14(20-3)12(19-2)7-13(9)21-15/h4-5,7,10-11H,6H2,1-3H3. The van der Waals surface area contributed by atoms with Crippen LogP contribution in [0.2, 0.25) is 0 Å². The van der Waals surface area contributed by atoms with E-state index in [4.69, 9.17) is 4.74 Å². The predicted molar refractivity (Wildman–Crippen MR) is 86.8 cm³/mol. The maximum atomic E-state index is 12.4. The van der Waals surface area contributed by atoms with Gasteiger partial charge in [0.1, 0.15) is 11.5 Å². The molecule has 0 bridgehead atoms. The molecule has 0 amide bonds. The van der Waals surface area contributed by atoms with E-state index in [-0.39, 0.29) is 23.4 Å². The van der Waals surface area contributed by atoms with Crippen LogP contribution in [-0.4, -0.2) is 24.9 Å². The molecule has 1 aliphatic rings. The lowest BCUT2D eigenvalue weighted by atomic mass is 10.1. The molecule has 2 atom stereocenters. The third kappa shape index (κ3) is 2.60. The number of hydrogen-bond acceptors (Lipinski definition) is 5. The van der Waals surface area contributed by atoms with Gasteiger partial charge in [0, 0.05) is 21.4 Å². The molecule has 0 saturated heterocycles. The molecule has 1 aromatic heterocycles. The van der Waals surface area contributed by atoms with Crippen LogP contribution >= 0.6 is 23.1 Å². The molecule has 5 heteroatoms. The molecule has 3 rings (SSSR count). The Kier molecular flexibility index (Phi) is 3.80. The van der Waals surface area contributed by atoms with E-state index in [9.17, 15) is 9.59 Å². The number of Topliss-reactive ketones (excluding diaryl/α,β-unsaturated/α-hetero) is 2. The summed E-state index contributed by atoms with van der Waals surface area (Å²) >= 11 is 3.11. The maximum absolute atomic E-state index is 12.4. The van der Waals surface area contributed by atoms with Crippen molar-refractivity contribution in [2.24, 2.45) is 11.8 Å². The Morgan fingerprint density at radius 1 is 1.29 bits per heavy atom. The Labute approximate surface area is 131 Å². The van der Waals surface area contributed by atoms with Gasteiger partial charge in [-0.15, -0.1) is 23.1 Å². The third-order valence-electron chi connectivity index (χ3n) is 3.91. The number of methoxy groups -OCH3 is 1. The summed E-state index contributed by atoms with van der Waals surface area (Å²) in [4.78, 5) is 25.6. The normalized spacial score (nSPS) is 20.5. The van der Waals surface area contributed by atoms with Gasteiger partial charge in [-0.05, 0) is 43.2 Å². The maximum Gasteiger partial charge on any atom is 0.176 e. The van der Waals surface area contributed by atoms with Crippen LogP contribution < -0.4 is 4.74 Å². The second-order valence-electron chi connectivity index (χ2n) is 5.28. The highest BCUT2D eigenvalue weighted by molar-refractivity contribution is 7.98. The minimum absolute atomic E-state index is 0.0565. The molecule has 0 N–H and O–H groups in total. The summed E-state index contributed by atoms with van der Waals surface area (Å²) in [7, 11) is 1.65. The number of hydrogen-bond donors (Lipinski definition) is 0. The first-order chi connectivity index (χ1) is 10.0. The summed E-state index contributed by atoms with van der Waals surface area (Å²) < 4.78 is 6.43. The number of ketones is 2. The van der Waals surface area contributed by atoms with E-state index in [0.717, 1.165) is 25.6 Å². The highest BCUT2D eigenvalue weighted by atomic mass is 32.2. The molecule has 0 aliphatic heterocycles. The molecule has 21 heavy (non-hydrogen) atoms. The second-order valence-corrected chi connectivity index (χ2v) is 7.21. The van der Waals surface area contributed by atoms with Crippen LogP contribution in [0.25, 0.3) is 10.1 Å². The zero-order valence-corrected chi connectivity index (χ0v) is 13.8. The van der Waals surface area contributed by atoms with E-state index in [1.54, 1.807) is 25.8 Å². The third-order valence-corrected chi connectivity index (χ3v) is 5.79. The first-order valence-electron chi connectivity index (χ1n) is 6.75. The first kappa shape index (κ1) is 14.6. The van der Waals surface area contributed by atoms with Crippen molar-refractivity contribution < 1.29 is 14.3 Å². The number of ether oxygens (including phenoxy) is 1. The highest BCUT2D eigenvalue weighted by Gasteiger charge is 2.46. The van der Waals surface area contributed by atoms with Gasteiger partial charge >= 0.3 is 0 Å². The van der Waals surface area contributed by atoms with Gasteiger partial charge < -0.3 is 4.74 Å². The number of rotatable bonds is 5. The molecule has 1 saturated carbocycles. The van der Waals surface area contributed by atoms with Gasteiger partial charge in [-0.25, -0.2) is 0 Å². The van der Waals surface area contributed by atoms with Crippen LogP contribution in [0.5, 0.6) is 5.75 Å². The summed E-state index contributed by atoms with van der Waals surface area (Å²) in [5.74, 6) is 0.919. The average molecular weight is 320 g/mol. The Morgan fingerprint density at radius 3 is 2.62 bits per heavy atom. The summed E-state index contributed by atoms with van der Waals surface area (Å²) in [6.07, 6.45) is 2.71. The molecule has 1 aliphatic carbocycles. The van der Waals surface area contributed by atoms with E-state index in [1.165, 1.54) is 11.3 Å². The molecule has 110 valence electrons. The summed E-state index contributed by atoms with van der Waals surface area (Å²) in [6.45, 7) is 1.57. The number of fused-ring (bicyclic) bond motifs is 1. The van der Waals surface area contributed by atoms with Crippen molar-refractivity contribution in [3.8, 4) is 5.75 Å². The van der Waals surface area contributed by atoms with E-state index in [1.807, 2.05) is 18.4 Å². The molecule has 1 aromatic carbocycles. The molecule has 1 heterocycles. The van der Waals surface area contributed by atoms with Crippen LogP contribution in [0.4, 0.5) is 0 Å². The lowest BCUT2D eigenvalue weighted by Gasteiger charge is -2.05. The van der Waals surface area contributed by atoms with Crippen molar-refractivity contribution in [3.63, 3.8) is 0 Å². The zero-order chi connectivity index (χ0) is 15.1.